The number of amides is 1. The minimum absolute atomic E-state index is 0.0499. The number of piperazine rings is 1. The summed E-state index contributed by atoms with van der Waals surface area (Å²) in [6.45, 7) is 2.61. The second kappa shape index (κ2) is 4.57. The molecule has 19 heavy (non-hydrogen) atoms. The van der Waals surface area contributed by atoms with E-state index in [4.69, 9.17) is 0 Å². The van der Waals surface area contributed by atoms with Crippen molar-refractivity contribution in [3.05, 3.63) is 0 Å². The molecule has 2 unspecified atom stereocenters. The molecule has 2 heterocycles. The average Bonchev–Trinajstić information content (AvgIpc) is 2.72. The van der Waals surface area contributed by atoms with Crippen LogP contribution in [0.15, 0.2) is 0 Å². The molecular weight excluding hydrogens is 271 g/mol. The first-order valence-electron chi connectivity index (χ1n) is 6.14. The number of halogens is 5. The highest BCUT2D eigenvalue weighted by atomic mass is 19.4. The Labute approximate surface area is 107 Å². The summed E-state index contributed by atoms with van der Waals surface area (Å²) in [5.74, 6) is -7.43. The van der Waals surface area contributed by atoms with E-state index in [0.717, 1.165) is 19.4 Å². The molecule has 2 fully saturated rings. The SMILES string of the molecule is CC1CN2CCCC2CN1C(=O)C(F)(F)C(F)(F)F. The molecule has 0 bridgehead atoms. The van der Waals surface area contributed by atoms with Gasteiger partial charge >= 0.3 is 18.0 Å². The van der Waals surface area contributed by atoms with Crippen molar-refractivity contribution in [3.8, 4) is 0 Å². The van der Waals surface area contributed by atoms with E-state index in [1.807, 2.05) is 4.90 Å². The van der Waals surface area contributed by atoms with E-state index in [-0.39, 0.29) is 12.6 Å². The maximum Gasteiger partial charge on any atom is 0.463 e. The highest BCUT2D eigenvalue weighted by Gasteiger charge is 2.65. The number of nitrogens with zero attached hydrogens (tertiary/aromatic N) is 2. The number of carbonyl (C=O) groups excluding carboxylic acids is 1. The van der Waals surface area contributed by atoms with Gasteiger partial charge in [0.1, 0.15) is 0 Å². The summed E-state index contributed by atoms with van der Waals surface area (Å²) in [6, 6.07) is -0.723. The average molecular weight is 286 g/mol. The van der Waals surface area contributed by atoms with Crippen molar-refractivity contribution >= 4 is 5.91 Å². The van der Waals surface area contributed by atoms with Gasteiger partial charge in [0, 0.05) is 25.2 Å². The second-order valence-electron chi connectivity index (χ2n) is 5.17. The number of alkyl halides is 5. The Hall–Kier alpha value is -0.920. The van der Waals surface area contributed by atoms with Crippen molar-refractivity contribution in [1.82, 2.24) is 9.80 Å². The van der Waals surface area contributed by atoms with Crippen LogP contribution in [0.2, 0.25) is 0 Å². The third kappa shape index (κ3) is 2.42. The third-order valence-corrected chi connectivity index (χ3v) is 3.82. The van der Waals surface area contributed by atoms with E-state index in [0.29, 0.717) is 11.4 Å². The Morgan fingerprint density at radius 2 is 1.79 bits per heavy atom. The number of fused-ring (bicyclic) bond motifs is 1. The largest absolute Gasteiger partial charge is 0.463 e. The van der Waals surface area contributed by atoms with E-state index >= 15 is 0 Å². The van der Waals surface area contributed by atoms with Crippen LogP contribution in [0.3, 0.4) is 0 Å². The predicted molar refractivity (Wildman–Crippen MR) is 56.8 cm³/mol. The first-order chi connectivity index (χ1) is 8.64. The molecule has 2 aliphatic rings. The Bertz CT molecular complexity index is 371. The molecule has 1 amide bonds. The lowest BCUT2D eigenvalue weighted by atomic mass is 10.1. The molecule has 0 aliphatic carbocycles. The Balaban J connectivity index is 2.15. The summed E-state index contributed by atoms with van der Waals surface area (Å²) in [7, 11) is 0. The van der Waals surface area contributed by atoms with E-state index in [1.54, 1.807) is 0 Å². The minimum atomic E-state index is -5.84. The van der Waals surface area contributed by atoms with Crippen LogP contribution in [-0.2, 0) is 4.79 Å². The molecule has 2 atom stereocenters. The second-order valence-corrected chi connectivity index (χ2v) is 5.17. The molecular formula is C11H15F5N2O. The van der Waals surface area contributed by atoms with E-state index in [1.165, 1.54) is 6.92 Å². The van der Waals surface area contributed by atoms with E-state index in [2.05, 4.69) is 0 Å². The van der Waals surface area contributed by atoms with Crippen LogP contribution in [0.1, 0.15) is 19.8 Å². The van der Waals surface area contributed by atoms with Crippen LogP contribution in [0.25, 0.3) is 0 Å². The first-order valence-corrected chi connectivity index (χ1v) is 6.14. The molecule has 0 aromatic rings. The summed E-state index contributed by atoms with van der Waals surface area (Å²) in [5, 5.41) is 0. The lowest BCUT2D eigenvalue weighted by Gasteiger charge is -2.43. The fourth-order valence-corrected chi connectivity index (χ4v) is 2.77. The smallest absolute Gasteiger partial charge is 0.332 e. The molecule has 110 valence electrons. The quantitative estimate of drug-likeness (QED) is 0.687. The molecule has 0 aromatic carbocycles. The Kier molecular flexibility index (Phi) is 3.49. The summed E-state index contributed by atoms with van der Waals surface area (Å²) in [6.07, 6.45) is -4.22. The zero-order valence-electron chi connectivity index (χ0n) is 10.4. The molecule has 3 nitrogen and oxygen atoms in total. The van der Waals surface area contributed by atoms with Crippen molar-refractivity contribution < 1.29 is 26.7 Å². The maximum absolute atomic E-state index is 13.1. The minimum Gasteiger partial charge on any atom is -0.332 e. The normalized spacial score (nSPS) is 29.5. The molecule has 0 spiro atoms. The third-order valence-electron chi connectivity index (χ3n) is 3.82. The van der Waals surface area contributed by atoms with Gasteiger partial charge < -0.3 is 4.90 Å². The number of hydrogen-bond acceptors (Lipinski definition) is 2. The highest BCUT2D eigenvalue weighted by molar-refractivity contribution is 5.84. The zero-order chi connectivity index (χ0) is 14.4. The summed E-state index contributed by atoms with van der Waals surface area (Å²) < 4.78 is 62.9. The van der Waals surface area contributed by atoms with Gasteiger partial charge in [-0.25, -0.2) is 0 Å². The number of carbonyl (C=O) groups is 1. The van der Waals surface area contributed by atoms with Crippen LogP contribution in [-0.4, -0.2) is 59.5 Å². The standard InChI is InChI=1S/C11H15F5N2O/c1-7-5-17-4-2-3-8(17)6-18(7)9(19)10(12,13)11(14,15)16/h7-8H,2-6H2,1H3. The Morgan fingerprint density at radius 1 is 1.16 bits per heavy atom. The van der Waals surface area contributed by atoms with Gasteiger partial charge in [-0.3, -0.25) is 9.69 Å². The molecule has 8 heteroatoms. The van der Waals surface area contributed by atoms with Crippen molar-refractivity contribution in [3.63, 3.8) is 0 Å². The molecule has 2 rings (SSSR count). The van der Waals surface area contributed by atoms with Crippen LogP contribution >= 0.6 is 0 Å². The van der Waals surface area contributed by atoms with Gasteiger partial charge in [0.15, 0.2) is 0 Å². The lowest BCUT2D eigenvalue weighted by molar-refractivity contribution is -0.276. The summed E-state index contributed by atoms with van der Waals surface area (Å²) in [4.78, 5) is 14.2. The molecule has 2 aliphatic heterocycles. The zero-order valence-corrected chi connectivity index (χ0v) is 10.4. The van der Waals surface area contributed by atoms with E-state index in [9.17, 15) is 26.7 Å². The Morgan fingerprint density at radius 3 is 2.37 bits per heavy atom. The molecule has 0 saturated carbocycles. The topological polar surface area (TPSA) is 23.6 Å². The van der Waals surface area contributed by atoms with Gasteiger partial charge in [-0.15, -0.1) is 0 Å². The van der Waals surface area contributed by atoms with Gasteiger partial charge in [0.05, 0.1) is 0 Å². The fourth-order valence-electron chi connectivity index (χ4n) is 2.77. The summed E-state index contributed by atoms with van der Waals surface area (Å²) in [5.41, 5.74) is 0. The maximum atomic E-state index is 13.1. The van der Waals surface area contributed by atoms with Crippen LogP contribution in [0.5, 0.6) is 0 Å². The van der Waals surface area contributed by atoms with Crippen LogP contribution in [0.4, 0.5) is 22.0 Å². The predicted octanol–water partition coefficient (Wildman–Crippen LogP) is 1.88. The van der Waals surface area contributed by atoms with Crippen LogP contribution in [0, 0.1) is 0 Å². The number of rotatable bonds is 1. The fraction of sp³-hybridized carbons (Fsp3) is 0.909. The monoisotopic (exact) mass is 286 g/mol. The lowest BCUT2D eigenvalue weighted by Crippen LogP contribution is -2.62. The van der Waals surface area contributed by atoms with Crippen molar-refractivity contribution in [2.24, 2.45) is 0 Å². The molecule has 0 N–H and O–H groups in total. The van der Waals surface area contributed by atoms with Gasteiger partial charge in [-0.1, -0.05) is 0 Å². The first kappa shape index (κ1) is 14.5. The molecule has 0 aromatic heterocycles. The van der Waals surface area contributed by atoms with Crippen molar-refractivity contribution in [1.29, 1.82) is 0 Å². The van der Waals surface area contributed by atoms with Gasteiger partial charge in [0.2, 0.25) is 0 Å². The molecule has 0 radical (unpaired) electrons. The van der Waals surface area contributed by atoms with Crippen molar-refractivity contribution in [2.75, 3.05) is 19.6 Å². The van der Waals surface area contributed by atoms with Gasteiger partial charge in [-0.05, 0) is 26.3 Å². The highest BCUT2D eigenvalue weighted by Crippen LogP contribution is 2.38. The van der Waals surface area contributed by atoms with Gasteiger partial charge in [-0.2, -0.15) is 22.0 Å². The molecule has 2 saturated heterocycles. The number of hydrogen-bond donors (Lipinski definition) is 0. The van der Waals surface area contributed by atoms with E-state index < -0.39 is 24.0 Å². The summed E-state index contributed by atoms with van der Waals surface area (Å²) >= 11 is 0. The van der Waals surface area contributed by atoms with Crippen molar-refractivity contribution in [2.45, 2.75) is 43.9 Å². The van der Waals surface area contributed by atoms with Gasteiger partial charge in [0.25, 0.3) is 0 Å². The van der Waals surface area contributed by atoms with Crippen LogP contribution < -0.4 is 0 Å².